The van der Waals surface area contributed by atoms with Crippen LogP contribution in [0.25, 0.3) is 0 Å². The smallest absolute Gasteiger partial charge is 0.416 e. The lowest BCUT2D eigenvalue weighted by Crippen LogP contribution is -2.12. The molecule has 1 N–H and O–H groups in total. The number of hydrogen-bond acceptors (Lipinski definition) is 2. The molecule has 21 heavy (non-hydrogen) atoms. The molecule has 0 aliphatic rings. The number of methoxy groups -OCH3 is 1. The maximum atomic E-state index is 13.0. The van der Waals surface area contributed by atoms with Crippen molar-refractivity contribution in [2.45, 2.75) is 12.3 Å². The van der Waals surface area contributed by atoms with Gasteiger partial charge in [0.2, 0.25) is 0 Å². The van der Waals surface area contributed by atoms with Gasteiger partial charge in [0.25, 0.3) is 0 Å². The maximum Gasteiger partial charge on any atom is 0.416 e. The first-order valence-corrected chi connectivity index (χ1v) is 6.40. The van der Waals surface area contributed by atoms with Gasteiger partial charge in [-0.25, -0.2) is 0 Å². The van der Waals surface area contributed by atoms with Gasteiger partial charge in [-0.1, -0.05) is 35.9 Å². The summed E-state index contributed by atoms with van der Waals surface area (Å²) in [4.78, 5) is 0. The Morgan fingerprint density at radius 1 is 1.14 bits per heavy atom. The number of alkyl halides is 3. The van der Waals surface area contributed by atoms with Gasteiger partial charge in [-0.2, -0.15) is 13.2 Å². The van der Waals surface area contributed by atoms with E-state index in [4.69, 9.17) is 16.3 Å². The molecule has 0 aliphatic carbocycles. The van der Waals surface area contributed by atoms with Gasteiger partial charge < -0.3 is 9.84 Å². The minimum Gasteiger partial charge on any atom is -0.495 e. The minimum absolute atomic E-state index is 0.216. The first-order chi connectivity index (χ1) is 9.84. The molecule has 1 atom stereocenters. The average Bonchev–Trinajstić information content (AvgIpc) is 2.45. The van der Waals surface area contributed by atoms with E-state index in [1.165, 1.54) is 43.5 Å². The number of hydrogen-bond donors (Lipinski definition) is 1. The van der Waals surface area contributed by atoms with Crippen LogP contribution < -0.4 is 4.74 Å². The molecule has 0 bridgehead atoms. The molecule has 6 heteroatoms. The fourth-order valence-electron chi connectivity index (χ4n) is 2.03. The van der Waals surface area contributed by atoms with Crippen LogP contribution in [0, 0.1) is 0 Å². The number of aliphatic hydroxyl groups is 1. The Morgan fingerprint density at radius 2 is 1.81 bits per heavy atom. The molecule has 2 nitrogen and oxygen atoms in total. The maximum absolute atomic E-state index is 13.0. The molecular formula is C15H12ClF3O2. The molecule has 0 aliphatic heterocycles. The molecule has 0 amide bonds. The summed E-state index contributed by atoms with van der Waals surface area (Å²) in [5, 5.41) is 10.4. The van der Waals surface area contributed by atoms with E-state index in [2.05, 4.69) is 0 Å². The van der Waals surface area contributed by atoms with Crippen LogP contribution in [0.5, 0.6) is 5.75 Å². The van der Waals surface area contributed by atoms with E-state index in [0.717, 1.165) is 6.07 Å². The summed E-state index contributed by atoms with van der Waals surface area (Å²) < 4.78 is 43.9. The molecule has 1 unspecified atom stereocenters. The highest BCUT2D eigenvalue weighted by molar-refractivity contribution is 6.32. The van der Waals surface area contributed by atoms with Crippen molar-refractivity contribution in [2.24, 2.45) is 0 Å². The Hall–Kier alpha value is -1.72. The summed E-state index contributed by atoms with van der Waals surface area (Å²) in [5.41, 5.74) is -0.826. The zero-order chi connectivity index (χ0) is 15.6. The van der Waals surface area contributed by atoms with Crippen molar-refractivity contribution in [2.75, 3.05) is 7.11 Å². The van der Waals surface area contributed by atoms with Crippen LogP contribution >= 0.6 is 11.6 Å². The number of benzene rings is 2. The highest BCUT2D eigenvalue weighted by atomic mass is 35.5. The second-order valence-electron chi connectivity index (χ2n) is 4.38. The lowest BCUT2D eigenvalue weighted by Gasteiger charge is -2.18. The van der Waals surface area contributed by atoms with Gasteiger partial charge in [-0.05, 0) is 29.3 Å². The van der Waals surface area contributed by atoms with Crippen molar-refractivity contribution < 1.29 is 23.0 Å². The Balaban J connectivity index is 2.45. The molecular weight excluding hydrogens is 305 g/mol. The van der Waals surface area contributed by atoms with Gasteiger partial charge in [0.1, 0.15) is 11.9 Å². The average molecular weight is 317 g/mol. The quantitative estimate of drug-likeness (QED) is 0.906. The molecule has 2 aromatic rings. The molecule has 0 saturated heterocycles. The van der Waals surface area contributed by atoms with Crippen LogP contribution in [0.4, 0.5) is 13.2 Å². The normalized spacial score (nSPS) is 13.0. The second-order valence-corrected chi connectivity index (χ2v) is 4.79. The molecule has 0 radical (unpaired) electrons. The summed E-state index contributed by atoms with van der Waals surface area (Å²) in [6.45, 7) is 0. The first-order valence-electron chi connectivity index (χ1n) is 6.02. The third kappa shape index (κ3) is 3.31. The summed E-state index contributed by atoms with van der Waals surface area (Å²) in [6, 6.07) is 9.26. The predicted molar refractivity (Wildman–Crippen MR) is 73.5 cm³/mol. The zero-order valence-electron chi connectivity index (χ0n) is 11.0. The Labute approximate surface area is 124 Å². The van der Waals surface area contributed by atoms with Gasteiger partial charge in [0.05, 0.1) is 17.7 Å². The Morgan fingerprint density at radius 3 is 2.38 bits per heavy atom. The van der Waals surface area contributed by atoms with Crippen LogP contribution in [0.2, 0.25) is 5.02 Å². The molecule has 2 aromatic carbocycles. The highest BCUT2D eigenvalue weighted by Crippen LogP contribution is 2.37. The van der Waals surface area contributed by atoms with Crippen LogP contribution in [0.3, 0.4) is 0 Å². The van der Waals surface area contributed by atoms with E-state index >= 15 is 0 Å². The summed E-state index contributed by atoms with van der Waals surface area (Å²) in [6.07, 6.45) is -5.96. The number of rotatable bonds is 3. The van der Waals surface area contributed by atoms with Crippen LogP contribution in [-0.2, 0) is 6.18 Å². The van der Waals surface area contributed by atoms with Gasteiger partial charge in [0.15, 0.2) is 0 Å². The van der Waals surface area contributed by atoms with E-state index in [-0.39, 0.29) is 16.1 Å². The molecule has 0 saturated carbocycles. The van der Waals surface area contributed by atoms with Crippen molar-refractivity contribution in [3.63, 3.8) is 0 Å². The Kier molecular flexibility index (Phi) is 4.44. The number of halogens is 4. The molecule has 0 spiro atoms. The third-order valence-corrected chi connectivity index (χ3v) is 3.35. The zero-order valence-corrected chi connectivity index (χ0v) is 11.7. The summed E-state index contributed by atoms with van der Waals surface area (Å²) in [7, 11) is 1.43. The molecule has 0 heterocycles. The number of ether oxygens (including phenoxy) is 1. The monoisotopic (exact) mass is 316 g/mol. The largest absolute Gasteiger partial charge is 0.495 e. The second kappa shape index (κ2) is 5.95. The van der Waals surface area contributed by atoms with E-state index in [1.807, 2.05) is 0 Å². The molecule has 112 valence electrons. The van der Waals surface area contributed by atoms with Crippen molar-refractivity contribution in [1.29, 1.82) is 0 Å². The van der Waals surface area contributed by atoms with Crippen molar-refractivity contribution >= 4 is 11.6 Å². The van der Waals surface area contributed by atoms with E-state index in [9.17, 15) is 18.3 Å². The van der Waals surface area contributed by atoms with Crippen LogP contribution in [0.15, 0.2) is 42.5 Å². The molecule has 2 rings (SSSR count). The lowest BCUT2D eigenvalue weighted by molar-refractivity contribution is -0.139. The summed E-state index contributed by atoms with van der Waals surface area (Å²) >= 11 is 5.93. The van der Waals surface area contributed by atoms with Crippen LogP contribution in [0.1, 0.15) is 22.8 Å². The van der Waals surface area contributed by atoms with Gasteiger partial charge in [-0.15, -0.1) is 0 Å². The lowest BCUT2D eigenvalue weighted by atomic mass is 9.96. The van der Waals surface area contributed by atoms with E-state index in [0.29, 0.717) is 5.75 Å². The van der Waals surface area contributed by atoms with Gasteiger partial charge in [-0.3, -0.25) is 0 Å². The van der Waals surface area contributed by atoms with Crippen LogP contribution in [-0.4, -0.2) is 12.2 Å². The van der Waals surface area contributed by atoms with E-state index < -0.39 is 17.8 Å². The molecule has 0 aromatic heterocycles. The van der Waals surface area contributed by atoms with Crippen molar-refractivity contribution in [1.82, 2.24) is 0 Å². The topological polar surface area (TPSA) is 29.5 Å². The first kappa shape index (κ1) is 15.7. The fraction of sp³-hybridized carbons (Fsp3) is 0.200. The highest BCUT2D eigenvalue weighted by Gasteiger charge is 2.34. The Bertz CT molecular complexity index is 641. The standard InChI is InChI=1S/C15H12ClF3O2/c1-21-13-7-6-9(8-12(13)16)14(20)10-4-2-3-5-11(10)15(17,18)19/h2-8,14,20H,1H3. The van der Waals surface area contributed by atoms with Crippen molar-refractivity contribution in [3.8, 4) is 5.75 Å². The molecule has 0 fully saturated rings. The fourth-order valence-corrected chi connectivity index (χ4v) is 2.29. The predicted octanol–water partition coefficient (Wildman–Crippen LogP) is 4.45. The minimum atomic E-state index is -4.53. The number of aliphatic hydroxyl groups excluding tert-OH is 1. The van der Waals surface area contributed by atoms with Crippen molar-refractivity contribution in [3.05, 3.63) is 64.2 Å². The summed E-state index contributed by atoms with van der Waals surface area (Å²) in [5.74, 6) is 0.386. The SMILES string of the molecule is COc1ccc(C(O)c2ccccc2C(F)(F)F)cc1Cl. The van der Waals surface area contributed by atoms with E-state index in [1.54, 1.807) is 0 Å². The van der Waals surface area contributed by atoms with Gasteiger partial charge in [0, 0.05) is 0 Å². The third-order valence-electron chi connectivity index (χ3n) is 3.05. The van der Waals surface area contributed by atoms with Gasteiger partial charge >= 0.3 is 6.18 Å².